The summed E-state index contributed by atoms with van der Waals surface area (Å²) < 4.78 is 1.02. The van der Waals surface area contributed by atoms with Crippen LogP contribution in [0, 0.1) is 0 Å². The SMILES string of the molecule is O=C(NCc1ccccc1Br)C1Cc2ccccc2N1. The molecule has 0 spiro atoms. The highest BCUT2D eigenvalue weighted by atomic mass is 79.9. The van der Waals surface area contributed by atoms with Crippen molar-refractivity contribution in [3.05, 3.63) is 64.1 Å². The van der Waals surface area contributed by atoms with Crippen molar-refractivity contribution in [3.8, 4) is 0 Å². The molecule has 2 N–H and O–H groups in total. The van der Waals surface area contributed by atoms with E-state index in [9.17, 15) is 4.79 Å². The molecule has 3 rings (SSSR count). The van der Waals surface area contributed by atoms with Crippen molar-refractivity contribution >= 4 is 27.5 Å². The van der Waals surface area contributed by atoms with Crippen molar-refractivity contribution in [2.24, 2.45) is 0 Å². The first-order valence-electron chi connectivity index (χ1n) is 6.59. The number of nitrogens with one attached hydrogen (secondary N) is 2. The quantitative estimate of drug-likeness (QED) is 0.907. The number of benzene rings is 2. The Morgan fingerprint density at radius 1 is 1.20 bits per heavy atom. The van der Waals surface area contributed by atoms with Crippen molar-refractivity contribution in [2.45, 2.75) is 19.0 Å². The molecule has 1 unspecified atom stereocenters. The molecule has 0 saturated heterocycles. The summed E-state index contributed by atoms with van der Waals surface area (Å²) in [5, 5.41) is 6.25. The number of rotatable bonds is 3. The minimum absolute atomic E-state index is 0.0388. The number of carbonyl (C=O) groups excluding carboxylic acids is 1. The highest BCUT2D eigenvalue weighted by Crippen LogP contribution is 2.25. The Morgan fingerprint density at radius 3 is 2.75 bits per heavy atom. The van der Waals surface area contributed by atoms with Gasteiger partial charge >= 0.3 is 0 Å². The van der Waals surface area contributed by atoms with Crippen molar-refractivity contribution in [1.29, 1.82) is 0 Å². The molecule has 4 heteroatoms. The molecule has 1 aliphatic rings. The maximum atomic E-state index is 12.2. The van der Waals surface area contributed by atoms with E-state index in [-0.39, 0.29) is 11.9 Å². The van der Waals surface area contributed by atoms with Crippen molar-refractivity contribution in [2.75, 3.05) is 5.32 Å². The Bertz CT molecular complexity index is 617. The van der Waals surface area contributed by atoms with Crippen LogP contribution in [-0.4, -0.2) is 11.9 Å². The van der Waals surface area contributed by atoms with Gasteiger partial charge in [0.2, 0.25) is 5.91 Å². The molecule has 1 amide bonds. The van der Waals surface area contributed by atoms with E-state index in [0.29, 0.717) is 6.54 Å². The predicted octanol–water partition coefficient (Wildman–Crippen LogP) is 3.10. The topological polar surface area (TPSA) is 41.1 Å². The van der Waals surface area contributed by atoms with E-state index >= 15 is 0 Å². The molecule has 20 heavy (non-hydrogen) atoms. The van der Waals surface area contributed by atoms with Gasteiger partial charge in [-0.2, -0.15) is 0 Å². The van der Waals surface area contributed by atoms with E-state index < -0.39 is 0 Å². The van der Waals surface area contributed by atoms with Gasteiger partial charge in [0.25, 0.3) is 0 Å². The molecule has 2 aromatic rings. The fourth-order valence-electron chi connectivity index (χ4n) is 2.40. The summed E-state index contributed by atoms with van der Waals surface area (Å²) in [5.41, 5.74) is 3.35. The van der Waals surface area contributed by atoms with E-state index in [4.69, 9.17) is 0 Å². The lowest BCUT2D eigenvalue weighted by Gasteiger charge is -2.12. The first-order chi connectivity index (χ1) is 9.74. The van der Waals surface area contributed by atoms with Crippen molar-refractivity contribution in [1.82, 2.24) is 5.32 Å². The number of halogens is 1. The monoisotopic (exact) mass is 330 g/mol. The Labute approximate surface area is 126 Å². The van der Waals surface area contributed by atoms with Gasteiger partial charge < -0.3 is 10.6 Å². The Balaban J connectivity index is 1.61. The third kappa shape index (κ3) is 2.70. The standard InChI is InChI=1S/C16H15BrN2O/c17-13-7-3-1-6-12(13)10-18-16(20)15-9-11-5-2-4-8-14(11)19-15/h1-8,15,19H,9-10H2,(H,18,20). The normalized spacial score (nSPS) is 16.4. The van der Waals surface area contributed by atoms with Gasteiger partial charge in [0.1, 0.15) is 6.04 Å². The second-order valence-electron chi connectivity index (χ2n) is 4.87. The molecule has 0 aromatic heterocycles. The second-order valence-corrected chi connectivity index (χ2v) is 5.72. The zero-order valence-corrected chi connectivity index (χ0v) is 12.5. The molecule has 0 fully saturated rings. The number of para-hydroxylation sites is 1. The van der Waals surface area contributed by atoms with Crippen LogP contribution < -0.4 is 10.6 Å². The Kier molecular flexibility index (Phi) is 3.74. The van der Waals surface area contributed by atoms with Crippen LogP contribution in [0.2, 0.25) is 0 Å². The molecule has 1 heterocycles. The number of fused-ring (bicyclic) bond motifs is 1. The Morgan fingerprint density at radius 2 is 1.95 bits per heavy atom. The fraction of sp³-hybridized carbons (Fsp3) is 0.188. The molecule has 0 bridgehead atoms. The Hall–Kier alpha value is -1.81. The van der Waals surface area contributed by atoms with Crippen LogP contribution >= 0.6 is 15.9 Å². The summed E-state index contributed by atoms with van der Waals surface area (Å²) in [6.07, 6.45) is 0.748. The van der Waals surface area contributed by atoms with E-state index in [1.165, 1.54) is 5.56 Å². The highest BCUT2D eigenvalue weighted by molar-refractivity contribution is 9.10. The summed E-state index contributed by atoms with van der Waals surface area (Å²) in [4.78, 5) is 12.2. The average molecular weight is 331 g/mol. The van der Waals surface area contributed by atoms with Crippen molar-refractivity contribution < 1.29 is 4.79 Å². The molecule has 0 saturated carbocycles. The zero-order chi connectivity index (χ0) is 13.9. The van der Waals surface area contributed by atoms with Crippen LogP contribution in [0.25, 0.3) is 0 Å². The minimum atomic E-state index is -0.171. The third-order valence-corrected chi connectivity index (χ3v) is 4.27. The molecule has 1 atom stereocenters. The summed E-state index contributed by atoms with van der Waals surface area (Å²) in [6, 6.07) is 15.8. The number of anilines is 1. The fourth-order valence-corrected chi connectivity index (χ4v) is 2.83. The molecular formula is C16H15BrN2O. The second kappa shape index (κ2) is 5.67. The molecular weight excluding hydrogens is 316 g/mol. The van der Waals surface area contributed by atoms with Crippen molar-refractivity contribution in [3.63, 3.8) is 0 Å². The van der Waals surface area contributed by atoms with Crippen LogP contribution in [0.4, 0.5) is 5.69 Å². The van der Waals surface area contributed by atoms with Gasteiger partial charge in [-0.05, 0) is 23.3 Å². The van der Waals surface area contributed by atoms with Gasteiger partial charge in [-0.15, -0.1) is 0 Å². The number of amides is 1. The van der Waals surface area contributed by atoms with Crippen LogP contribution in [0.15, 0.2) is 53.0 Å². The highest BCUT2D eigenvalue weighted by Gasteiger charge is 2.25. The number of hydrogen-bond donors (Lipinski definition) is 2. The van der Waals surface area contributed by atoms with Gasteiger partial charge in [-0.25, -0.2) is 0 Å². The van der Waals surface area contributed by atoms with Gasteiger partial charge in [-0.3, -0.25) is 4.79 Å². The maximum Gasteiger partial charge on any atom is 0.243 e. The predicted molar refractivity (Wildman–Crippen MR) is 83.5 cm³/mol. The van der Waals surface area contributed by atoms with Crippen LogP contribution in [0.5, 0.6) is 0 Å². The van der Waals surface area contributed by atoms with Crippen LogP contribution in [0.1, 0.15) is 11.1 Å². The maximum absolute atomic E-state index is 12.2. The lowest BCUT2D eigenvalue weighted by Crippen LogP contribution is -2.38. The number of carbonyl (C=O) groups is 1. The summed E-state index contributed by atoms with van der Waals surface area (Å²) >= 11 is 3.49. The van der Waals surface area contributed by atoms with E-state index in [1.807, 2.05) is 42.5 Å². The lowest BCUT2D eigenvalue weighted by atomic mass is 10.1. The van der Waals surface area contributed by atoms with E-state index in [2.05, 4.69) is 32.6 Å². The first kappa shape index (κ1) is 13.2. The van der Waals surface area contributed by atoms with Gasteiger partial charge in [-0.1, -0.05) is 52.3 Å². The molecule has 0 radical (unpaired) electrons. The average Bonchev–Trinajstić information content (AvgIpc) is 2.90. The first-order valence-corrected chi connectivity index (χ1v) is 7.39. The third-order valence-electron chi connectivity index (χ3n) is 3.50. The summed E-state index contributed by atoms with van der Waals surface area (Å²) in [7, 11) is 0. The molecule has 3 nitrogen and oxygen atoms in total. The molecule has 102 valence electrons. The van der Waals surface area contributed by atoms with E-state index in [1.54, 1.807) is 0 Å². The van der Waals surface area contributed by atoms with Gasteiger partial charge in [0.15, 0.2) is 0 Å². The summed E-state index contributed by atoms with van der Waals surface area (Å²) in [5.74, 6) is 0.0388. The summed E-state index contributed by atoms with van der Waals surface area (Å²) in [6.45, 7) is 0.536. The molecule has 0 aliphatic carbocycles. The lowest BCUT2D eigenvalue weighted by molar-refractivity contribution is -0.121. The van der Waals surface area contributed by atoms with E-state index in [0.717, 1.165) is 22.1 Å². The minimum Gasteiger partial charge on any atom is -0.373 e. The van der Waals surface area contributed by atoms with Gasteiger partial charge in [0, 0.05) is 23.1 Å². The molecule has 1 aliphatic heterocycles. The van der Waals surface area contributed by atoms with Crippen LogP contribution in [-0.2, 0) is 17.8 Å². The largest absolute Gasteiger partial charge is 0.373 e. The molecule has 2 aromatic carbocycles. The zero-order valence-electron chi connectivity index (χ0n) is 10.9. The van der Waals surface area contributed by atoms with Crippen LogP contribution in [0.3, 0.4) is 0 Å². The smallest absolute Gasteiger partial charge is 0.243 e. The van der Waals surface area contributed by atoms with Gasteiger partial charge in [0.05, 0.1) is 0 Å². The number of hydrogen-bond acceptors (Lipinski definition) is 2.